The van der Waals surface area contributed by atoms with E-state index in [1.54, 1.807) is 6.08 Å². The van der Waals surface area contributed by atoms with Gasteiger partial charge < -0.3 is 4.74 Å². The van der Waals surface area contributed by atoms with Crippen LogP contribution in [0, 0.1) is 5.92 Å². The van der Waals surface area contributed by atoms with E-state index in [2.05, 4.69) is 36.0 Å². The molecule has 0 aromatic rings. The molecule has 3 heteroatoms. The van der Waals surface area contributed by atoms with Crippen molar-refractivity contribution in [2.75, 3.05) is 7.11 Å². The average Bonchev–Trinajstić information content (AvgIpc) is 3.12. The number of rotatable bonds is 18. The van der Waals surface area contributed by atoms with E-state index in [9.17, 15) is 9.59 Å². The molecule has 0 aromatic carbocycles. The number of carbonyl (C=O) groups is 2. The number of esters is 1. The maximum Gasteiger partial charge on any atom is 0.305 e. The SMILES string of the molecule is CCCCCCCCC/C=C/C=C1/C(=O)C=C[C@@H]1C/C=C\CCCCCCC(=O)OC. The minimum absolute atomic E-state index is 0.115. The molecule has 1 atom stereocenters. The zero-order valence-electron chi connectivity index (χ0n) is 20.0. The second-order valence-corrected chi connectivity index (χ2v) is 8.53. The zero-order chi connectivity index (χ0) is 22.6. The molecule has 0 saturated carbocycles. The van der Waals surface area contributed by atoms with Crippen molar-refractivity contribution in [3.05, 3.63) is 48.1 Å². The summed E-state index contributed by atoms with van der Waals surface area (Å²) in [6.07, 6.45) is 31.6. The summed E-state index contributed by atoms with van der Waals surface area (Å²) >= 11 is 0. The number of hydrogen-bond acceptors (Lipinski definition) is 3. The molecule has 1 aliphatic rings. The standard InChI is InChI=1S/C28H44O3/c1-3-4-5-6-7-8-9-12-15-18-21-26-25(23-24-27(26)29)20-17-14-11-10-13-16-19-22-28(30)31-2/h14-15,17-18,21,23-25H,3-13,16,19-20,22H2,1-2H3/b17-14-,18-15+,26-21+/t25-/m0/s1. The summed E-state index contributed by atoms with van der Waals surface area (Å²) in [4.78, 5) is 23.2. The molecule has 0 unspecified atom stereocenters. The summed E-state index contributed by atoms with van der Waals surface area (Å²) in [5.74, 6) is 0.257. The molecule has 0 amide bonds. The van der Waals surface area contributed by atoms with Crippen LogP contribution in [0.3, 0.4) is 0 Å². The molecule has 0 N–H and O–H groups in total. The number of ketones is 1. The Labute approximate surface area is 190 Å². The lowest BCUT2D eigenvalue weighted by atomic mass is 9.97. The Balaban J connectivity index is 2.16. The molecule has 0 heterocycles. The van der Waals surface area contributed by atoms with Crippen LogP contribution >= 0.6 is 0 Å². The van der Waals surface area contributed by atoms with Crippen molar-refractivity contribution in [3.8, 4) is 0 Å². The van der Waals surface area contributed by atoms with Gasteiger partial charge in [-0.2, -0.15) is 0 Å². The van der Waals surface area contributed by atoms with Crippen molar-refractivity contribution < 1.29 is 14.3 Å². The van der Waals surface area contributed by atoms with Gasteiger partial charge in [0.15, 0.2) is 5.78 Å². The molecule has 31 heavy (non-hydrogen) atoms. The molecule has 0 spiro atoms. The molecule has 0 fully saturated rings. The molecule has 3 nitrogen and oxygen atoms in total. The van der Waals surface area contributed by atoms with E-state index < -0.39 is 0 Å². The van der Waals surface area contributed by atoms with Crippen LogP contribution in [0.1, 0.15) is 103 Å². The molecule has 1 rings (SSSR count). The number of ether oxygens (including phenoxy) is 1. The Morgan fingerprint density at radius 2 is 1.55 bits per heavy atom. The predicted molar refractivity (Wildman–Crippen MR) is 131 cm³/mol. The lowest BCUT2D eigenvalue weighted by Crippen LogP contribution is -2.01. The van der Waals surface area contributed by atoms with Crippen LogP contribution < -0.4 is 0 Å². The molecule has 0 aromatic heterocycles. The Hall–Kier alpha value is -1.90. The van der Waals surface area contributed by atoms with Crippen LogP contribution in [-0.4, -0.2) is 18.9 Å². The second-order valence-electron chi connectivity index (χ2n) is 8.53. The van der Waals surface area contributed by atoms with E-state index in [0.717, 1.165) is 50.5 Å². The van der Waals surface area contributed by atoms with Crippen molar-refractivity contribution >= 4 is 11.8 Å². The van der Waals surface area contributed by atoms with Crippen LogP contribution in [0.5, 0.6) is 0 Å². The van der Waals surface area contributed by atoms with Crippen LogP contribution in [0.25, 0.3) is 0 Å². The number of allylic oxidation sites excluding steroid dienone is 8. The van der Waals surface area contributed by atoms with Crippen molar-refractivity contribution in [2.45, 2.75) is 103 Å². The molecule has 0 radical (unpaired) electrons. The van der Waals surface area contributed by atoms with Crippen molar-refractivity contribution in [1.82, 2.24) is 0 Å². The van der Waals surface area contributed by atoms with Gasteiger partial charge in [0.05, 0.1) is 7.11 Å². The van der Waals surface area contributed by atoms with Gasteiger partial charge in [-0.25, -0.2) is 0 Å². The molecular weight excluding hydrogens is 384 g/mol. The van der Waals surface area contributed by atoms with Crippen LogP contribution in [-0.2, 0) is 14.3 Å². The van der Waals surface area contributed by atoms with Gasteiger partial charge >= 0.3 is 5.97 Å². The maximum atomic E-state index is 12.1. The first-order valence-corrected chi connectivity index (χ1v) is 12.5. The molecule has 0 saturated heterocycles. The second kappa shape index (κ2) is 18.8. The van der Waals surface area contributed by atoms with Crippen LogP contribution in [0.2, 0.25) is 0 Å². The Bertz CT molecular complexity index is 610. The van der Waals surface area contributed by atoms with Crippen LogP contribution in [0.15, 0.2) is 48.1 Å². The van der Waals surface area contributed by atoms with Gasteiger partial charge in [0, 0.05) is 17.9 Å². The molecule has 0 bridgehead atoms. The number of methoxy groups -OCH3 is 1. The van der Waals surface area contributed by atoms with E-state index in [4.69, 9.17) is 0 Å². The highest BCUT2D eigenvalue weighted by Crippen LogP contribution is 2.25. The van der Waals surface area contributed by atoms with E-state index in [-0.39, 0.29) is 17.7 Å². The van der Waals surface area contributed by atoms with Crippen molar-refractivity contribution in [3.63, 3.8) is 0 Å². The van der Waals surface area contributed by atoms with Crippen LogP contribution in [0.4, 0.5) is 0 Å². The van der Waals surface area contributed by atoms with E-state index >= 15 is 0 Å². The predicted octanol–water partition coefficient (Wildman–Crippen LogP) is 7.82. The van der Waals surface area contributed by atoms with Gasteiger partial charge in [0.1, 0.15) is 0 Å². The van der Waals surface area contributed by atoms with E-state index in [1.165, 1.54) is 52.1 Å². The normalized spacial score (nSPS) is 17.5. The largest absolute Gasteiger partial charge is 0.469 e. The smallest absolute Gasteiger partial charge is 0.305 e. The third-order valence-electron chi connectivity index (χ3n) is 5.84. The molecule has 174 valence electrons. The van der Waals surface area contributed by atoms with Gasteiger partial charge in [-0.1, -0.05) is 94.7 Å². The van der Waals surface area contributed by atoms with Gasteiger partial charge in [-0.15, -0.1) is 0 Å². The van der Waals surface area contributed by atoms with Gasteiger partial charge in [-0.05, 0) is 44.6 Å². The molecule has 0 aliphatic heterocycles. The minimum atomic E-state index is -0.115. The Kier molecular flexibility index (Phi) is 16.5. The topological polar surface area (TPSA) is 43.4 Å². The first-order valence-electron chi connectivity index (χ1n) is 12.5. The average molecular weight is 429 g/mol. The van der Waals surface area contributed by atoms with Crippen molar-refractivity contribution in [2.24, 2.45) is 5.92 Å². The fourth-order valence-corrected chi connectivity index (χ4v) is 3.83. The van der Waals surface area contributed by atoms with Gasteiger partial charge in [0.2, 0.25) is 0 Å². The Morgan fingerprint density at radius 1 is 0.903 bits per heavy atom. The third kappa shape index (κ3) is 13.9. The summed E-state index contributed by atoms with van der Waals surface area (Å²) in [5.41, 5.74) is 0.920. The molecule has 1 aliphatic carbocycles. The summed E-state index contributed by atoms with van der Waals surface area (Å²) in [6.45, 7) is 2.25. The fourth-order valence-electron chi connectivity index (χ4n) is 3.83. The fraction of sp³-hybridized carbons (Fsp3) is 0.643. The highest BCUT2D eigenvalue weighted by molar-refractivity contribution is 6.07. The molecular formula is C28H44O3. The lowest BCUT2D eigenvalue weighted by molar-refractivity contribution is -0.140. The van der Waals surface area contributed by atoms with Gasteiger partial charge in [-0.3, -0.25) is 9.59 Å². The highest BCUT2D eigenvalue weighted by atomic mass is 16.5. The van der Waals surface area contributed by atoms with Crippen molar-refractivity contribution in [1.29, 1.82) is 0 Å². The van der Waals surface area contributed by atoms with E-state index in [1.807, 2.05) is 12.2 Å². The first kappa shape index (κ1) is 27.1. The number of carbonyl (C=O) groups excluding carboxylic acids is 2. The monoisotopic (exact) mass is 428 g/mol. The lowest BCUT2D eigenvalue weighted by Gasteiger charge is -2.06. The quantitative estimate of drug-likeness (QED) is 0.0967. The maximum absolute atomic E-state index is 12.1. The summed E-state index contributed by atoms with van der Waals surface area (Å²) in [6, 6.07) is 0. The number of hydrogen-bond donors (Lipinski definition) is 0. The summed E-state index contributed by atoms with van der Waals surface area (Å²) < 4.78 is 4.65. The summed E-state index contributed by atoms with van der Waals surface area (Å²) in [7, 11) is 1.44. The number of unbranched alkanes of at least 4 members (excludes halogenated alkanes) is 11. The third-order valence-corrected chi connectivity index (χ3v) is 5.84. The highest BCUT2D eigenvalue weighted by Gasteiger charge is 2.20. The summed E-state index contributed by atoms with van der Waals surface area (Å²) in [5, 5.41) is 0. The first-order chi connectivity index (χ1) is 15.2. The van der Waals surface area contributed by atoms with Gasteiger partial charge in [0.25, 0.3) is 0 Å². The minimum Gasteiger partial charge on any atom is -0.469 e. The zero-order valence-corrected chi connectivity index (χ0v) is 20.0. The Morgan fingerprint density at radius 3 is 2.26 bits per heavy atom. The van der Waals surface area contributed by atoms with E-state index in [0.29, 0.717) is 6.42 Å².